The molecule has 0 radical (unpaired) electrons. The number of carbonyl (C=O) groups is 1. The van der Waals surface area contributed by atoms with E-state index in [4.69, 9.17) is 17.8 Å². The molecule has 0 aliphatic carbocycles. The Morgan fingerprint density at radius 1 is 1.64 bits per heavy atom. The maximum atomic E-state index is 10.7. The SMILES string of the molecule is CC(=O)Nc1scc(C)[n+]1C.Cl[I-]Cl. The van der Waals surface area contributed by atoms with Gasteiger partial charge in [-0.1, -0.05) is 11.3 Å². The maximum absolute atomic E-state index is 10.7. The molecule has 14 heavy (non-hydrogen) atoms. The number of aromatic nitrogens is 1. The van der Waals surface area contributed by atoms with Gasteiger partial charge in [0.15, 0.2) is 0 Å². The number of hydrogen-bond donors (Lipinski definition) is 1. The number of halogens is 3. The standard InChI is InChI=1S/C7H10N2OS.Cl2I/c1-5-4-11-7(9(5)3)8-6(2)10;1-3-2/h4H,1-3H3;/q;-1/p+1. The van der Waals surface area contributed by atoms with Crippen LogP contribution in [-0.4, -0.2) is 5.91 Å². The molecule has 3 nitrogen and oxygen atoms in total. The molecule has 0 aromatic carbocycles. The number of rotatable bonds is 1. The molecule has 1 amide bonds. The molecule has 82 valence electrons. The van der Waals surface area contributed by atoms with Gasteiger partial charge < -0.3 is 0 Å². The summed E-state index contributed by atoms with van der Waals surface area (Å²) in [5, 5.41) is 5.63. The summed E-state index contributed by atoms with van der Waals surface area (Å²) in [7, 11) is 11.7. The summed E-state index contributed by atoms with van der Waals surface area (Å²) < 4.78 is 1.95. The molecule has 1 N–H and O–H groups in total. The van der Waals surface area contributed by atoms with Crippen molar-refractivity contribution in [3.63, 3.8) is 0 Å². The summed E-state index contributed by atoms with van der Waals surface area (Å²) in [6.45, 7) is 3.51. The number of hydrogen-bond acceptors (Lipinski definition) is 2. The molecule has 1 aromatic rings. The molecule has 0 saturated heterocycles. The Bertz CT molecular complexity index is 306. The fraction of sp³-hybridized carbons (Fsp3) is 0.429. The Hall–Kier alpha value is 0.410. The van der Waals surface area contributed by atoms with E-state index in [2.05, 4.69) is 5.32 Å². The third-order valence-electron chi connectivity index (χ3n) is 1.46. The van der Waals surface area contributed by atoms with Crippen LogP contribution in [0, 0.1) is 6.92 Å². The average molecular weight is 369 g/mol. The van der Waals surface area contributed by atoms with Crippen molar-refractivity contribution in [2.24, 2.45) is 7.05 Å². The van der Waals surface area contributed by atoms with Crippen molar-refractivity contribution < 1.29 is 28.3 Å². The van der Waals surface area contributed by atoms with Crippen LogP contribution in [0.2, 0.25) is 0 Å². The molecule has 0 spiro atoms. The summed E-state index contributed by atoms with van der Waals surface area (Å²) in [6.07, 6.45) is 0. The van der Waals surface area contributed by atoms with E-state index in [-0.39, 0.29) is 5.91 Å². The van der Waals surface area contributed by atoms with Crippen molar-refractivity contribution in [3.05, 3.63) is 11.1 Å². The fourth-order valence-electron chi connectivity index (χ4n) is 0.723. The minimum absolute atomic E-state index is 0.0255. The van der Waals surface area contributed by atoms with Crippen molar-refractivity contribution in [1.82, 2.24) is 0 Å². The molecule has 0 unspecified atom stereocenters. The van der Waals surface area contributed by atoms with E-state index in [0.717, 1.165) is 10.8 Å². The number of thiazole rings is 1. The van der Waals surface area contributed by atoms with Gasteiger partial charge in [-0.3, -0.25) is 0 Å². The van der Waals surface area contributed by atoms with E-state index in [1.54, 1.807) is 0 Å². The van der Waals surface area contributed by atoms with Gasteiger partial charge in [-0.2, -0.15) is 0 Å². The topological polar surface area (TPSA) is 33.0 Å². The van der Waals surface area contributed by atoms with Crippen molar-refractivity contribution >= 4 is 40.2 Å². The number of nitrogens with one attached hydrogen (secondary N) is 1. The third-order valence-corrected chi connectivity index (χ3v) is 2.52. The zero-order valence-electron chi connectivity index (χ0n) is 7.97. The van der Waals surface area contributed by atoms with Crippen LogP contribution in [0.25, 0.3) is 0 Å². The second-order valence-corrected chi connectivity index (χ2v) is 6.54. The molecular formula is C7H11Cl2IN2OS. The average Bonchev–Trinajstić information content (AvgIpc) is 2.37. The van der Waals surface area contributed by atoms with Gasteiger partial charge in [-0.25, -0.2) is 14.7 Å². The van der Waals surface area contributed by atoms with Crippen molar-refractivity contribution in [1.29, 1.82) is 0 Å². The minimum atomic E-state index is -0.466. The molecule has 0 fully saturated rings. The van der Waals surface area contributed by atoms with Crippen LogP contribution >= 0.6 is 29.2 Å². The van der Waals surface area contributed by atoms with E-state index < -0.39 is 18.9 Å². The van der Waals surface area contributed by atoms with Crippen molar-refractivity contribution in [2.75, 3.05) is 5.32 Å². The van der Waals surface area contributed by atoms with Crippen LogP contribution in [0.15, 0.2) is 5.38 Å². The molecule has 1 rings (SSSR count). The van der Waals surface area contributed by atoms with Crippen molar-refractivity contribution in [2.45, 2.75) is 13.8 Å². The summed E-state index contributed by atoms with van der Waals surface area (Å²) in [5.41, 5.74) is 1.15. The van der Waals surface area contributed by atoms with E-state index in [9.17, 15) is 4.79 Å². The van der Waals surface area contributed by atoms with E-state index in [1.807, 2.05) is 23.9 Å². The van der Waals surface area contributed by atoms with E-state index >= 15 is 0 Å². The van der Waals surface area contributed by atoms with Crippen LogP contribution in [0.1, 0.15) is 12.6 Å². The first-order valence-corrected chi connectivity index (χ1v) is 9.96. The van der Waals surface area contributed by atoms with Crippen molar-refractivity contribution in [3.8, 4) is 0 Å². The summed E-state index contributed by atoms with van der Waals surface area (Å²) in [5.74, 6) is -0.0255. The number of nitrogens with zero attached hydrogens (tertiary/aromatic N) is 1. The van der Waals surface area contributed by atoms with Gasteiger partial charge in [-0.05, 0) is 6.92 Å². The summed E-state index contributed by atoms with van der Waals surface area (Å²) in [4.78, 5) is 10.7. The Morgan fingerprint density at radius 2 is 2.14 bits per heavy atom. The Balaban J connectivity index is 0.000000500. The molecule has 0 atom stereocenters. The molecular weight excluding hydrogens is 358 g/mol. The first-order chi connectivity index (χ1) is 6.52. The first-order valence-electron chi connectivity index (χ1n) is 3.61. The van der Waals surface area contributed by atoms with Crippen LogP contribution in [0.4, 0.5) is 5.13 Å². The van der Waals surface area contributed by atoms with Crippen LogP contribution in [0.3, 0.4) is 0 Å². The van der Waals surface area contributed by atoms with Gasteiger partial charge in [0.2, 0.25) is 0 Å². The Kier molecular flexibility index (Phi) is 7.89. The summed E-state index contributed by atoms with van der Waals surface area (Å²) in [6, 6.07) is 0. The second kappa shape index (κ2) is 7.67. The van der Waals surface area contributed by atoms with E-state index in [1.165, 1.54) is 18.3 Å². The van der Waals surface area contributed by atoms with Gasteiger partial charge in [0, 0.05) is 12.3 Å². The van der Waals surface area contributed by atoms with Crippen LogP contribution in [0.5, 0.6) is 0 Å². The van der Waals surface area contributed by atoms with Crippen LogP contribution < -0.4 is 28.8 Å². The number of aryl methyl sites for hydroxylation is 1. The predicted molar refractivity (Wildman–Crippen MR) is 56.2 cm³/mol. The molecule has 0 aliphatic heterocycles. The van der Waals surface area contributed by atoms with Gasteiger partial charge in [0.05, 0.1) is 7.05 Å². The summed E-state index contributed by atoms with van der Waals surface area (Å²) >= 11 is 1.07. The zero-order valence-corrected chi connectivity index (χ0v) is 12.5. The predicted octanol–water partition coefficient (Wildman–Crippen LogP) is -0.778. The molecule has 1 heterocycles. The van der Waals surface area contributed by atoms with Gasteiger partial charge in [0.1, 0.15) is 5.69 Å². The molecule has 7 heteroatoms. The molecule has 1 aromatic heterocycles. The molecule has 0 bridgehead atoms. The third kappa shape index (κ3) is 5.33. The number of amides is 1. The van der Waals surface area contributed by atoms with E-state index in [0.29, 0.717) is 0 Å². The fourth-order valence-corrected chi connectivity index (χ4v) is 1.67. The number of anilines is 1. The molecule has 0 saturated carbocycles. The Labute approximate surface area is 105 Å². The van der Waals surface area contributed by atoms with Gasteiger partial charge in [0.25, 0.3) is 0 Å². The Morgan fingerprint density at radius 3 is 2.43 bits per heavy atom. The second-order valence-electron chi connectivity index (χ2n) is 2.48. The van der Waals surface area contributed by atoms with Crippen LogP contribution in [-0.2, 0) is 11.8 Å². The number of carbonyl (C=O) groups excluding carboxylic acids is 1. The first kappa shape index (κ1) is 14.4. The zero-order chi connectivity index (χ0) is 11.1. The van der Waals surface area contributed by atoms with Gasteiger partial charge in [-0.15, -0.1) is 0 Å². The normalized spacial score (nSPS) is 9.21. The molecule has 0 aliphatic rings. The quantitative estimate of drug-likeness (QED) is 0.512. The van der Waals surface area contributed by atoms with Gasteiger partial charge >= 0.3 is 47.8 Å². The monoisotopic (exact) mass is 368 g/mol.